The molecule has 16 heavy (non-hydrogen) atoms. The minimum absolute atomic E-state index is 0.375. The number of nitriles is 1. The maximum atomic E-state index is 11.1. The third-order valence-electron chi connectivity index (χ3n) is 3.21. The second kappa shape index (κ2) is 6.32. The van der Waals surface area contributed by atoms with Gasteiger partial charge in [-0.3, -0.25) is 4.79 Å². The van der Waals surface area contributed by atoms with Crippen molar-refractivity contribution < 1.29 is 4.79 Å². The fourth-order valence-corrected chi connectivity index (χ4v) is 2.18. The molecule has 0 radical (unpaired) electrons. The lowest BCUT2D eigenvalue weighted by molar-refractivity contribution is -0.117. The monoisotopic (exact) mass is 220 g/mol. The van der Waals surface area contributed by atoms with Gasteiger partial charge in [0.1, 0.15) is 17.5 Å². The molecule has 0 aromatic heterocycles. The van der Waals surface area contributed by atoms with E-state index in [9.17, 15) is 4.79 Å². The van der Waals surface area contributed by atoms with E-state index in [-0.39, 0.29) is 0 Å². The molecule has 0 N–H and O–H groups in total. The van der Waals surface area contributed by atoms with E-state index in [1.165, 1.54) is 0 Å². The minimum Gasteiger partial charge on any atom is -0.364 e. The van der Waals surface area contributed by atoms with Crippen LogP contribution in [0.5, 0.6) is 0 Å². The second-order valence-corrected chi connectivity index (χ2v) is 4.26. The van der Waals surface area contributed by atoms with Crippen molar-refractivity contribution >= 4 is 5.78 Å². The first-order chi connectivity index (χ1) is 7.71. The number of nitrogens with zero attached hydrogens (tertiary/aromatic N) is 2. The molecule has 0 saturated heterocycles. The van der Waals surface area contributed by atoms with Gasteiger partial charge in [0.15, 0.2) is 0 Å². The lowest BCUT2D eigenvalue weighted by Crippen LogP contribution is -2.21. The molecule has 0 heterocycles. The highest BCUT2D eigenvalue weighted by Crippen LogP contribution is 2.25. The lowest BCUT2D eigenvalue weighted by Gasteiger charge is -2.19. The second-order valence-electron chi connectivity index (χ2n) is 4.26. The van der Waals surface area contributed by atoms with Crippen LogP contribution < -0.4 is 0 Å². The van der Waals surface area contributed by atoms with Gasteiger partial charge in [-0.2, -0.15) is 5.26 Å². The summed E-state index contributed by atoms with van der Waals surface area (Å²) in [5.41, 5.74) is 0.754. The van der Waals surface area contributed by atoms with Crippen molar-refractivity contribution in [3.63, 3.8) is 0 Å². The largest absolute Gasteiger partial charge is 0.364 e. The summed E-state index contributed by atoms with van der Waals surface area (Å²) in [5, 5.41) is 9.06. The summed E-state index contributed by atoms with van der Waals surface area (Å²) in [6.07, 6.45) is 5.28. The Balaban J connectivity index is 2.53. The molecule has 1 unspecified atom stereocenters. The smallest absolute Gasteiger partial charge is 0.133 e. The Morgan fingerprint density at radius 2 is 2.25 bits per heavy atom. The van der Waals surface area contributed by atoms with Crippen LogP contribution in [0.2, 0.25) is 0 Å². The number of carbonyl (C=O) groups excluding carboxylic acids is 1. The average Bonchev–Trinajstić information content (AvgIpc) is 2.70. The standard InChI is InChI=1S/C13H20N2O/c1-3-15(4-2)12(10-14)7-5-11-6-8-13(16)9-11/h7,11H,3-6,8-9H2,1-2H3/b12-7+. The van der Waals surface area contributed by atoms with Crippen molar-refractivity contribution in [2.75, 3.05) is 13.1 Å². The third-order valence-corrected chi connectivity index (χ3v) is 3.21. The van der Waals surface area contributed by atoms with Gasteiger partial charge in [-0.15, -0.1) is 0 Å². The number of allylic oxidation sites excluding steroid dienone is 2. The van der Waals surface area contributed by atoms with Crippen molar-refractivity contribution in [3.8, 4) is 6.07 Å². The van der Waals surface area contributed by atoms with Gasteiger partial charge >= 0.3 is 0 Å². The van der Waals surface area contributed by atoms with Crippen molar-refractivity contribution in [3.05, 3.63) is 11.8 Å². The fourth-order valence-electron chi connectivity index (χ4n) is 2.18. The summed E-state index contributed by atoms with van der Waals surface area (Å²) in [6, 6.07) is 2.24. The molecule has 1 atom stereocenters. The molecule has 1 aliphatic rings. The van der Waals surface area contributed by atoms with Crippen molar-refractivity contribution in [2.45, 2.75) is 39.5 Å². The van der Waals surface area contributed by atoms with Crippen molar-refractivity contribution in [1.82, 2.24) is 4.90 Å². The van der Waals surface area contributed by atoms with E-state index in [4.69, 9.17) is 5.26 Å². The van der Waals surface area contributed by atoms with Crippen molar-refractivity contribution in [1.29, 1.82) is 5.26 Å². The van der Waals surface area contributed by atoms with E-state index >= 15 is 0 Å². The maximum Gasteiger partial charge on any atom is 0.133 e. The Morgan fingerprint density at radius 3 is 2.69 bits per heavy atom. The molecule has 0 aliphatic heterocycles. The molecule has 1 aliphatic carbocycles. The zero-order valence-corrected chi connectivity index (χ0v) is 10.2. The van der Waals surface area contributed by atoms with Crippen LogP contribution in [0.25, 0.3) is 0 Å². The van der Waals surface area contributed by atoms with Crippen LogP contribution in [0.15, 0.2) is 11.8 Å². The zero-order chi connectivity index (χ0) is 12.0. The molecule has 3 heteroatoms. The summed E-state index contributed by atoms with van der Waals surface area (Å²) in [6.45, 7) is 5.82. The molecule has 0 bridgehead atoms. The maximum absolute atomic E-state index is 11.1. The van der Waals surface area contributed by atoms with E-state index in [0.717, 1.165) is 38.0 Å². The molecule has 1 fully saturated rings. The molecule has 88 valence electrons. The Morgan fingerprint density at radius 1 is 1.56 bits per heavy atom. The quantitative estimate of drug-likeness (QED) is 0.669. The lowest BCUT2D eigenvalue weighted by atomic mass is 10.0. The number of carbonyl (C=O) groups is 1. The van der Waals surface area contributed by atoms with Gasteiger partial charge in [0, 0.05) is 25.9 Å². The molecular weight excluding hydrogens is 200 g/mol. The van der Waals surface area contributed by atoms with Gasteiger partial charge in [-0.1, -0.05) is 0 Å². The Labute approximate surface area is 97.7 Å². The van der Waals surface area contributed by atoms with Crippen LogP contribution in [0, 0.1) is 17.2 Å². The SMILES string of the molecule is CCN(CC)/C(C#N)=C/CC1CCC(=O)C1. The first-order valence-electron chi connectivity index (χ1n) is 6.08. The predicted molar refractivity (Wildman–Crippen MR) is 63.6 cm³/mol. The zero-order valence-electron chi connectivity index (χ0n) is 10.2. The van der Waals surface area contributed by atoms with Crippen LogP contribution in [-0.2, 0) is 4.79 Å². The van der Waals surface area contributed by atoms with Crippen LogP contribution in [-0.4, -0.2) is 23.8 Å². The molecule has 0 aromatic rings. The molecule has 1 rings (SSSR count). The first kappa shape index (κ1) is 12.8. The summed E-state index contributed by atoms with van der Waals surface area (Å²) < 4.78 is 0. The number of ketones is 1. The van der Waals surface area contributed by atoms with E-state index < -0.39 is 0 Å². The number of hydrogen-bond acceptors (Lipinski definition) is 3. The summed E-state index contributed by atoms with van der Waals surface area (Å²) in [7, 11) is 0. The normalized spacial score (nSPS) is 20.9. The topological polar surface area (TPSA) is 44.1 Å². The van der Waals surface area contributed by atoms with Crippen molar-refractivity contribution in [2.24, 2.45) is 5.92 Å². The van der Waals surface area contributed by atoms with Crippen LogP contribution >= 0.6 is 0 Å². The summed E-state index contributed by atoms with van der Waals surface area (Å²) >= 11 is 0. The Kier molecular flexibility index (Phi) is 5.04. The van der Waals surface area contributed by atoms with Crippen LogP contribution in [0.4, 0.5) is 0 Å². The van der Waals surface area contributed by atoms with Crippen LogP contribution in [0.1, 0.15) is 39.5 Å². The van der Waals surface area contributed by atoms with Gasteiger partial charge in [0.25, 0.3) is 0 Å². The molecule has 0 amide bonds. The first-order valence-corrected chi connectivity index (χ1v) is 6.08. The highest BCUT2D eigenvalue weighted by Gasteiger charge is 2.21. The Hall–Kier alpha value is -1.30. The van der Waals surface area contributed by atoms with E-state index in [1.54, 1.807) is 0 Å². The molecule has 1 saturated carbocycles. The van der Waals surface area contributed by atoms with Crippen LogP contribution in [0.3, 0.4) is 0 Å². The van der Waals surface area contributed by atoms with Gasteiger partial charge in [-0.25, -0.2) is 0 Å². The minimum atomic E-state index is 0.375. The Bertz CT molecular complexity index is 310. The number of Topliss-reactive ketones (excluding diaryl/α,β-unsaturated/α-hetero) is 1. The average molecular weight is 220 g/mol. The number of rotatable bonds is 5. The summed E-state index contributed by atoms with van der Waals surface area (Å²) in [4.78, 5) is 13.2. The van der Waals surface area contributed by atoms with Gasteiger partial charge in [0.2, 0.25) is 0 Å². The molecule has 0 spiro atoms. The highest BCUT2D eigenvalue weighted by atomic mass is 16.1. The van der Waals surface area contributed by atoms with Gasteiger partial charge in [-0.05, 0) is 38.7 Å². The third kappa shape index (κ3) is 3.37. The van der Waals surface area contributed by atoms with E-state index in [1.807, 2.05) is 19.9 Å². The number of hydrogen-bond donors (Lipinski definition) is 0. The predicted octanol–water partition coefficient (Wildman–Crippen LogP) is 2.49. The highest BCUT2D eigenvalue weighted by molar-refractivity contribution is 5.80. The van der Waals surface area contributed by atoms with E-state index in [2.05, 4.69) is 11.0 Å². The fraction of sp³-hybridized carbons (Fsp3) is 0.692. The van der Waals surface area contributed by atoms with Gasteiger partial charge < -0.3 is 4.90 Å². The van der Waals surface area contributed by atoms with E-state index in [0.29, 0.717) is 18.1 Å². The molecular formula is C13H20N2O. The molecule has 3 nitrogen and oxygen atoms in total. The molecule has 0 aromatic carbocycles. The van der Waals surface area contributed by atoms with Gasteiger partial charge in [0.05, 0.1) is 0 Å². The summed E-state index contributed by atoms with van der Waals surface area (Å²) in [5.74, 6) is 0.839.